The maximum atomic E-state index is 11.8. The molecule has 0 atom stereocenters. The molecular formula is C24H18O3. The molecular weight excluding hydrogens is 336 g/mol. The fraction of sp³-hybridized carbons (Fsp3) is 0.0833. The van der Waals surface area contributed by atoms with Gasteiger partial charge in [-0.1, -0.05) is 60.4 Å². The Balaban J connectivity index is 2.15. The quantitative estimate of drug-likeness (QED) is 0.698. The van der Waals surface area contributed by atoms with Crippen LogP contribution in [0.2, 0.25) is 0 Å². The van der Waals surface area contributed by atoms with Crippen LogP contribution in [0, 0.1) is 11.8 Å². The number of carboxylic acid groups (broad SMARTS) is 1. The van der Waals surface area contributed by atoms with Crippen LogP contribution in [-0.4, -0.2) is 16.9 Å². The number of benzene rings is 3. The normalized spacial score (nSPS) is 9.96. The molecule has 0 aliphatic rings. The molecule has 0 heterocycles. The number of Topliss-reactive ketones (excluding diaryl/α,β-unsaturated/α-hetero) is 1. The van der Waals surface area contributed by atoms with Gasteiger partial charge in [0, 0.05) is 23.1 Å². The monoisotopic (exact) mass is 354 g/mol. The van der Waals surface area contributed by atoms with E-state index >= 15 is 0 Å². The first-order valence-corrected chi connectivity index (χ1v) is 8.57. The lowest BCUT2D eigenvalue weighted by Gasteiger charge is -2.11. The van der Waals surface area contributed by atoms with Crippen molar-refractivity contribution in [1.29, 1.82) is 0 Å². The number of carbonyl (C=O) groups is 2. The summed E-state index contributed by atoms with van der Waals surface area (Å²) >= 11 is 0. The number of hydrogen-bond donors (Lipinski definition) is 1. The Morgan fingerprint density at radius 3 is 2.33 bits per heavy atom. The molecule has 0 aliphatic heterocycles. The average molecular weight is 354 g/mol. The Morgan fingerprint density at radius 2 is 1.63 bits per heavy atom. The zero-order valence-corrected chi connectivity index (χ0v) is 14.9. The van der Waals surface area contributed by atoms with Crippen LogP contribution in [0.4, 0.5) is 0 Å². The third kappa shape index (κ3) is 4.50. The van der Waals surface area contributed by atoms with Gasteiger partial charge in [0.15, 0.2) is 0 Å². The highest BCUT2D eigenvalue weighted by Crippen LogP contribution is 2.29. The molecule has 0 fully saturated rings. The van der Waals surface area contributed by atoms with Crippen molar-refractivity contribution < 1.29 is 14.7 Å². The van der Waals surface area contributed by atoms with Gasteiger partial charge in [0.1, 0.15) is 5.78 Å². The van der Waals surface area contributed by atoms with Gasteiger partial charge in [0.2, 0.25) is 0 Å². The molecule has 0 aromatic heterocycles. The fourth-order valence-corrected chi connectivity index (χ4v) is 2.93. The molecule has 3 nitrogen and oxygen atoms in total. The van der Waals surface area contributed by atoms with Crippen molar-refractivity contribution in [2.24, 2.45) is 0 Å². The van der Waals surface area contributed by atoms with Gasteiger partial charge in [0.05, 0.1) is 5.56 Å². The molecule has 0 amide bonds. The van der Waals surface area contributed by atoms with Crippen molar-refractivity contribution >= 4 is 11.8 Å². The standard InChI is InChI=1S/C24H18O3/c1-17(25)15-19-9-5-11-21(16-19)23-20(10-6-12-22(23)24(26)27)14-13-18-7-3-2-4-8-18/h2-12,16H,15H2,1H3,(H,26,27). The van der Waals surface area contributed by atoms with E-state index in [2.05, 4.69) is 11.8 Å². The van der Waals surface area contributed by atoms with E-state index in [0.29, 0.717) is 17.5 Å². The Hall–Kier alpha value is -3.64. The number of carboxylic acids is 1. The van der Waals surface area contributed by atoms with Gasteiger partial charge in [-0.05, 0) is 42.3 Å². The van der Waals surface area contributed by atoms with E-state index in [1.807, 2.05) is 60.7 Å². The molecule has 0 saturated heterocycles. The molecule has 0 radical (unpaired) electrons. The van der Waals surface area contributed by atoms with E-state index in [-0.39, 0.29) is 11.3 Å². The van der Waals surface area contributed by atoms with Crippen LogP contribution in [-0.2, 0) is 11.2 Å². The van der Waals surface area contributed by atoms with Crippen molar-refractivity contribution in [2.75, 3.05) is 0 Å². The van der Waals surface area contributed by atoms with Crippen molar-refractivity contribution in [3.8, 4) is 23.0 Å². The maximum absolute atomic E-state index is 11.8. The highest BCUT2D eigenvalue weighted by molar-refractivity contribution is 5.98. The minimum absolute atomic E-state index is 0.0581. The summed E-state index contributed by atoms with van der Waals surface area (Å²) in [5.74, 6) is 5.24. The third-order valence-corrected chi connectivity index (χ3v) is 4.08. The van der Waals surface area contributed by atoms with Gasteiger partial charge in [-0.15, -0.1) is 0 Å². The van der Waals surface area contributed by atoms with Crippen LogP contribution >= 0.6 is 0 Å². The third-order valence-electron chi connectivity index (χ3n) is 4.08. The summed E-state index contributed by atoms with van der Waals surface area (Å²) in [7, 11) is 0. The number of rotatable bonds is 4. The van der Waals surface area contributed by atoms with E-state index < -0.39 is 5.97 Å². The number of carbonyl (C=O) groups excluding carboxylic acids is 1. The van der Waals surface area contributed by atoms with E-state index in [1.54, 1.807) is 12.1 Å². The van der Waals surface area contributed by atoms with Crippen molar-refractivity contribution in [2.45, 2.75) is 13.3 Å². The summed E-state index contributed by atoms with van der Waals surface area (Å²) < 4.78 is 0. The topological polar surface area (TPSA) is 54.4 Å². The summed E-state index contributed by atoms with van der Waals surface area (Å²) in [5, 5.41) is 9.65. The van der Waals surface area contributed by atoms with Gasteiger partial charge < -0.3 is 5.11 Å². The summed E-state index contributed by atoms with van der Waals surface area (Å²) in [6, 6.07) is 22.0. The lowest BCUT2D eigenvalue weighted by Crippen LogP contribution is -2.02. The first kappa shape index (κ1) is 18.2. The Labute approximate surface area is 158 Å². The molecule has 3 aromatic rings. The summed E-state index contributed by atoms with van der Waals surface area (Å²) in [6.07, 6.45) is 0.314. The molecule has 3 heteroatoms. The lowest BCUT2D eigenvalue weighted by molar-refractivity contribution is -0.116. The SMILES string of the molecule is CC(=O)Cc1cccc(-c2c(C#Cc3ccccc3)cccc2C(=O)O)c1. The second kappa shape index (κ2) is 8.16. The second-order valence-electron chi connectivity index (χ2n) is 6.23. The number of ketones is 1. The van der Waals surface area contributed by atoms with Crippen LogP contribution in [0.25, 0.3) is 11.1 Å². The first-order valence-electron chi connectivity index (χ1n) is 8.57. The number of hydrogen-bond acceptors (Lipinski definition) is 2. The first-order chi connectivity index (χ1) is 13.0. The molecule has 3 rings (SSSR count). The molecule has 27 heavy (non-hydrogen) atoms. The minimum atomic E-state index is -1.01. The Morgan fingerprint density at radius 1 is 0.889 bits per heavy atom. The lowest BCUT2D eigenvalue weighted by atomic mass is 9.92. The molecule has 0 aliphatic carbocycles. The van der Waals surface area contributed by atoms with E-state index in [1.165, 1.54) is 6.92 Å². The molecule has 132 valence electrons. The Kier molecular flexibility index (Phi) is 5.49. The van der Waals surface area contributed by atoms with Crippen LogP contribution in [0.1, 0.15) is 34.0 Å². The average Bonchev–Trinajstić information content (AvgIpc) is 2.66. The second-order valence-corrected chi connectivity index (χ2v) is 6.23. The minimum Gasteiger partial charge on any atom is -0.478 e. The van der Waals surface area contributed by atoms with Gasteiger partial charge >= 0.3 is 5.97 Å². The molecule has 3 aromatic carbocycles. The maximum Gasteiger partial charge on any atom is 0.336 e. The molecule has 0 bridgehead atoms. The smallest absolute Gasteiger partial charge is 0.336 e. The van der Waals surface area contributed by atoms with Gasteiger partial charge in [-0.2, -0.15) is 0 Å². The summed E-state index contributed by atoms with van der Waals surface area (Å²) in [5.41, 5.74) is 3.84. The van der Waals surface area contributed by atoms with E-state index in [9.17, 15) is 14.7 Å². The van der Waals surface area contributed by atoms with Gasteiger partial charge in [0.25, 0.3) is 0 Å². The molecule has 1 N–H and O–H groups in total. The summed E-state index contributed by atoms with van der Waals surface area (Å²) in [4.78, 5) is 23.2. The van der Waals surface area contributed by atoms with Crippen LogP contribution in [0.3, 0.4) is 0 Å². The van der Waals surface area contributed by atoms with Gasteiger partial charge in [-0.3, -0.25) is 4.79 Å². The highest BCUT2D eigenvalue weighted by Gasteiger charge is 2.15. The van der Waals surface area contributed by atoms with Crippen LogP contribution < -0.4 is 0 Å². The zero-order chi connectivity index (χ0) is 19.2. The van der Waals surface area contributed by atoms with Crippen molar-refractivity contribution in [3.05, 3.63) is 95.1 Å². The number of aromatic carboxylic acids is 1. The molecule has 0 spiro atoms. The zero-order valence-electron chi connectivity index (χ0n) is 14.9. The van der Waals surface area contributed by atoms with E-state index in [0.717, 1.165) is 16.7 Å². The molecule has 0 saturated carbocycles. The van der Waals surface area contributed by atoms with Gasteiger partial charge in [-0.25, -0.2) is 4.79 Å². The van der Waals surface area contributed by atoms with E-state index in [4.69, 9.17) is 0 Å². The fourth-order valence-electron chi connectivity index (χ4n) is 2.93. The van der Waals surface area contributed by atoms with Crippen molar-refractivity contribution in [3.63, 3.8) is 0 Å². The Bertz CT molecular complexity index is 1050. The molecule has 0 unspecified atom stereocenters. The van der Waals surface area contributed by atoms with Crippen LogP contribution in [0.5, 0.6) is 0 Å². The predicted molar refractivity (Wildman–Crippen MR) is 106 cm³/mol. The largest absolute Gasteiger partial charge is 0.478 e. The van der Waals surface area contributed by atoms with Crippen molar-refractivity contribution in [1.82, 2.24) is 0 Å². The summed E-state index contributed by atoms with van der Waals surface area (Å²) in [6.45, 7) is 1.54. The predicted octanol–water partition coefficient (Wildman–Crippen LogP) is 4.58. The highest BCUT2D eigenvalue weighted by atomic mass is 16.4. The van der Waals surface area contributed by atoms with Crippen LogP contribution in [0.15, 0.2) is 72.8 Å².